The number of hydrogen-bond acceptors (Lipinski definition) is 1. The highest BCUT2D eigenvalue weighted by Gasteiger charge is 2.32. The zero-order chi connectivity index (χ0) is 12.3. The van der Waals surface area contributed by atoms with Gasteiger partial charge in [0.1, 0.15) is 6.54 Å². The van der Waals surface area contributed by atoms with E-state index in [4.69, 9.17) is 0 Å². The average molecular weight is 238 g/mol. The van der Waals surface area contributed by atoms with E-state index in [1.54, 1.807) is 0 Å². The van der Waals surface area contributed by atoms with Crippen molar-refractivity contribution in [2.45, 2.75) is 38.9 Å². The Morgan fingerprint density at radius 3 is 2.38 bits per heavy atom. The van der Waals surface area contributed by atoms with Crippen molar-refractivity contribution in [2.75, 3.05) is 6.54 Å². The summed E-state index contributed by atoms with van der Waals surface area (Å²) >= 11 is 0. The lowest BCUT2D eigenvalue weighted by Crippen LogP contribution is -2.46. The number of carbonyl (C=O) groups is 1. The summed E-state index contributed by atoms with van der Waals surface area (Å²) in [6, 6.07) is -0.744. The number of amides is 2. The number of nitrogens with one attached hydrogen (secondary N) is 2. The number of carbonyl (C=O) groups excluding carboxylic acids is 1. The van der Waals surface area contributed by atoms with Gasteiger partial charge >= 0.3 is 12.2 Å². The van der Waals surface area contributed by atoms with Gasteiger partial charge in [-0.15, -0.1) is 0 Å². The van der Waals surface area contributed by atoms with Gasteiger partial charge in [-0.1, -0.05) is 13.8 Å². The molecule has 2 N–H and O–H groups in total. The molecule has 3 nitrogen and oxygen atoms in total. The van der Waals surface area contributed by atoms with Crippen LogP contribution < -0.4 is 10.6 Å². The van der Waals surface area contributed by atoms with E-state index in [1.807, 2.05) is 12.2 Å². The van der Waals surface area contributed by atoms with Crippen LogP contribution in [0.25, 0.3) is 0 Å². The maximum Gasteiger partial charge on any atom is 0.405 e. The molecule has 1 aliphatic rings. The van der Waals surface area contributed by atoms with Gasteiger partial charge in [-0.25, -0.2) is 4.79 Å². The lowest BCUT2D eigenvalue weighted by molar-refractivity contribution is -0.122. The fraction of sp³-hybridized carbons (Fsp3) is 0.900. The van der Waals surface area contributed by atoms with Crippen LogP contribution in [0, 0.1) is 11.8 Å². The zero-order valence-electron chi connectivity index (χ0n) is 9.40. The summed E-state index contributed by atoms with van der Waals surface area (Å²) in [6.45, 7) is 2.81. The standard InChI is InChI=1S/C10H17F3N2O/c1-6-3-4-8(7(6)2)15-9(16)14-5-10(11,12)13/h6-8H,3-5H2,1-2H3,(H2,14,15,16). The van der Waals surface area contributed by atoms with Crippen molar-refractivity contribution >= 4 is 6.03 Å². The van der Waals surface area contributed by atoms with Crippen molar-refractivity contribution in [1.29, 1.82) is 0 Å². The van der Waals surface area contributed by atoms with Crippen LogP contribution in [0.4, 0.5) is 18.0 Å². The average Bonchev–Trinajstić information content (AvgIpc) is 2.46. The van der Waals surface area contributed by atoms with Crippen molar-refractivity contribution in [2.24, 2.45) is 11.8 Å². The third-order valence-electron chi connectivity index (χ3n) is 3.23. The summed E-state index contributed by atoms with van der Waals surface area (Å²) in [6.07, 6.45) is -2.51. The lowest BCUT2D eigenvalue weighted by Gasteiger charge is -2.20. The molecule has 1 aliphatic carbocycles. The quantitative estimate of drug-likeness (QED) is 0.761. The van der Waals surface area contributed by atoms with Crippen LogP contribution in [0.3, 0.4) is 0 Å². The second-order valence-corrected chi connectivity index (χ2v) is 4.46. The van der Waals surface area contributed by atoms with Gasteiger partial charge in [0.25, 0.3) is 0 Å². The second kappa shape index (κ2) is 4.93. The molecule has 0 aromatic carbocycles. The topological polar surface area (TPSA) is 41.1 Å². The molecule has 3 unspecified atom stereocenters. The summed E-state index contributed by atoms with van der Waals surface area (Å²) in [5.41, 5.74) is 0. The minimum atomic E-state index is -4.36. The van der Waals surface area contributed by atoms with E-state index in [0.717, 1.165) is 12.8 Å². The minimum absolute atomic E-state index is 0.0109. The number of rotatable bonds is 2. The van der Waals surface area contributed by atoms with Gasteiger partial charge in [0, 0.05) is 6.04 Å². The second-order valence-electron chi connectivity index (χ2n) is 4.46. The molecule has 1 fully saturated rings. The molecule has 0 bridgehead atoms. The molecule has 0 heterocycles. The van der Waals surface area contributed by atoms with Crippen LogP contribution in [-0.4, -0.2) is 24.8 Å². The van der Waals surface area contributed by atoms with E-state index in [0.29, 0.717) is 11.8 Å². The van der Waals surface area contributed by atoms with Gasteiger partial charge in [0.05, 0.1) is 0 Å². The van der Waals surface area contributed by atoms with Crippen molar-refractivity contribution in [3.63, 3.8) is 0 Å². The maximum atomic E-state index is 11.8. The highest BCUT2D eigenvalue weighted by molar-refractivity contribution is 5.74. The zero-order valence-corrected chi connectivity index (χ0v) is 9.40. The first-order chi connectivity index (χ1) is 7.29. The Labute approximate surface area is 92.8 Å². The van der Waals surface area contributed by atoms with Gasteiger partial charge < -0.3 is 10.6 Å². The molecule has 0 spiro atoms. The highest BCUT2D eigenvalue weighted by atomic mass is 19.4. The Kier molecular flexibility index (Phi) is 4.04. The highest BCUT2D eigenvalue weighted by Crippen LogP contribution is 2.30. The smallest absolute Gasteiger partial charge is 0.335 e. The summed E-state index contributed by atoms with van der Waals surface area (Å²) in [7, 11) is 0. The Balaban J connectivity index is 2.30. The van der Waals surface area contributed by atoms with Gasteiger partial charge in [-0.05, 0) is 24.7 Å². The Hall–Kier alpha value is -0.940. The fourth-order valence-corrected chi connectivity index (χ4v) is 1.97. The largest absolute Gasteiger partial charge is 0.405 e. The molecule has 16 heavy (non-hydrogen) atoms. The summed E-state index contributed by atoms with van der Waals surface area (Å²) in [4.78, 5) is 11.2. The van der Waals surface area contributed by atoms with Crippen LogP contribution >= 0.6 is 0 Å². The van der Waals surface area contributed by atoms with Crippen LogP contribution in [0.5, 0.6) is 0 Å². The number of halogens is 3. The number of alkyl halides is 3. The first-order valence-electron chi connectivity index (χ1n) is 5.40. The molecule has 0 aromatic heterocycles. The van der Waals surface area contributed by atoms with E-state index in [9.17, 15) is 18.0 Å². The van der Waals surface area contributed by atoms with Crippen molar-refractivity contribution in [3.8, 4) is 0 Å². The van der Waals surface area contributed by atoms with Crippen LogP contribution in [-0.2, 0) is 0 Å². The summed E-state index contributed by atoms with van der Waals surface area (Å²) < 4.78 is 35.5. The Morgan fingerprint density at radius 2 is 1.94 bits per heavy atom. The molecular weight excluding hydrogens is 221 g/mol. The molecule has 0 radical (unpaired) electrons. The van der Waals surface area contributed by atoms with E-state index >= 15 is 0 Å². The van der Waals surface area contributed by atoms with Crippen LogP contribution in [0.15, 0.2) is 0 Å². The molecule has 1 saturated carbocycles. The van der Waals surface area contributed by atoms with Gasteiger partial charge in [0.2, 0.25) is 0 Å². The monoisotopic (exact) mass is 238 g/mol. The molecule has 0 aromatic rings. The van der Waals surface area contributed by atoms with E-state index in [2.05, 4.69) is 12.2 Å². The van der Waals surface area contributed by atoms with Crippen molar-refractivity contribution < 1.29 is 18.0 Å². The van der Waals surface area contributed by atoms with E-state index < -0.39 is 18.8 Å². The Morgan fingerprint density at radius 1 is 1.31 bits per heavy atom. The molecule has 6 heteroatoms. The molecular formula is C10H17F3N2O. The predicted octanol–water partition coefficient (Wildman–Crippen LogP) is 2.28. The predicted molar refractivity (Wildman–Crippen MR) is 53.9 cm³/mol. The molecule has 0 saturated heterocycles. The van der Waals surface area contributed by atoms with Gasteiger partial charge in [-0.3, -0.25) is 0 Å². The number of hydrogen-bond donors (Lipinski definition) is 2. The molecule has 0 aliphatic heterocycles. The van der Waals surface area contributed by atoms with Crippen LogP contribution in [0.1, 0.15) is 26.7 Å². The molecule has 1 rings (SSSR count). The van der Waals surface area contributed by atoms with Crippen molar-refractivity contribution in [1.82, 2.24) is 10.6 Å². The molecule has 94 valence electrons. The van der Waals surface area contributed by atoms with E-state index in [-0.39, 0.29) is 6.04 Å². The fourth-order valence-electron chi connectivity index (χ4n) is 1.97. The maximum absolute atomic E-state index is 11.8. The third-order valence-corrected chi connectivity index (χ3v) is 3.23. The lowest BCUT2D eigenvalue weighted by atomic mass is 9.98. The summed E-state index contributed by atoms with van der Waals surface area (Å²) in [5.74, 6) is 0.824. The summed E-state index contributed by atoms with van der Waals surface area (Å²) in [5, 5.41) is 4.39. The SMILES string of the molecule is CC1CCC(NC(=O)NCC(F)(F)F)C1C. The first-order valence-corrected chi connectivity index (χ1v) is 5.40. The van der Waals surface area contributed by atoms with Gasteiger partial charge in [-0.2, -0.15) is 13.2 Å². The normalized spacial score (nSPS) is 30.2. The van der Waals surface area contributed by atoms with E-state index in [1.165, 1.54) is 0 Å². The van der Waals surface area contributed by atoms with Crippen molar-refractivity contribution in [3.05, 3.63) is 0 Å². The molecule has 2 amide bonds. The third kappa shape index (κ3) is 3.90. The van der Waals surface area contributed by atoms with Crippen LogP contribution in [0.2, 0.25) is 0 Å². The number of urea groups is 1. The Bertz CT molecular complexity index is 255. The first kappa shape index (κ1) is 13.1. The van der Waals surface area contributed by atoms with Gasteiger partial charge in [0.15, 0.2) is 0 Å². The minimum Gasteiger partial charge on any atom is -0.335 e. The molecule has 3 atom stereocenters.